The number of nitrogen functional groups attached to an aromatic ring is 1. The molecule has 0 spiro atoms. The molecule has 0 saturated heterocycles. The summed E-state index contributed by atoms with van der Waals surface area (Å²) in [6.45, 7) is 0. The second-order valence-corrected chi connectivity index (χ2v) is 5.29. The van der Waals surface area contributed by atoms with Crippen LogP contribution in [0.25, 0.3) is 0 Å². The number of carbonyl (C=O) groups is 1. The zero-order valence-corrected chi connectivity index (χ0v) is 12.0. The van der Waals surface area contributed by atoms with Crippen LogP contribution in [0.3, 0.4) is 0 Å². The first kappa shape index (κ1) is 14.7. The van der Waals surface area contributed by atoms with E-state index in [4.69, 9.17) is 10.5 Å². The lowest BCUT2D eigenvalue weighted by atomic mass is 9.91. The molecule has 1 fully saturated rings. The molecule has 0 bridgehead atoms. The van der Waals surface area contributed by atoms with Crippen LogP contribution < -0.4 is 10.6 Å². The van der Waals surface area contributed by atoms with E-state index in [1.54, 1.807) is 12.1 Å². The lowest BCUT2D eigenvalue weighted by Crippen LogP contribution is -2.43. The van der Waals surface area contributed by atoms with Gasteiger partial charge in [0.1, 0.15) is 0 Å². The van der Waals surface area contributed by atoms with Crippen molar-refractivity contribution in [2.24, 2.45) is 0 Å². The molecule has 110 valence electrons. The highest BCUT2D eigenvalue weighted by molar-refractivity contribution is 5.96. The Balaban J connectivity index is 2.25. The SMILES string of the molecule is COC(=O)c1cc(N(C)C2CCCCC2O)ccc1N. The molecule has 0 amide bonds. The summed E-state index contributed by atoms with van der Waals surface area (Å²) in [6.07, 6.45) is 3.64. The van der Waals surface area contributed by atoms with Crippen molar-refractivity contribution in [3.05, 3.63) is 23.8 Å². The number of likely N-dealkylation sites (N-methyl/N-ethyl adjacent to an activating group) is 1. The summed E-state index contributed by atoms with van der Waals surface area (Å²) in [4.78, 5) is 13.7. The lowest BCUT2D eigenvalue weighted by molar-refractivity contribution is 0.0602. The highest BCUT2D eigenvalue weighted by Crippen LogP contribution is 2.28. The van der Waals surface area contributed by atoms with Gasteiger partial charge in [0.05, 0.1) is 24.8 Å². The van der Waals surface area contributed by atoms with E-state index in [9.17, 15) is 9.90 Å². The van der Waals surface area contributed by atoms with Crippen molar-refractivity contribution in [3.8, 4) is 0 Å². The maximum absolute atomic E-state index is 11.7. The largest absolute Gasteiger partial charge is 0.465 e. The second kappa shape index (κ2) is 6.13. The number of benzene rings is 1. The molecular formula is C15H22N2O3. The molecule has 1 aliphatic rings. The predicted octanol–water partition coefficient (Wildman–Crippen LogP) is 1.80. The van der Waals surface area contributed by atoms with Gasteiger partial charge >= 0.3 is 5.97 Å². The van der Waals surface area contributed by atoms with Crippen molar-refractivity contribution >= 4 is 17.3 Å². The van der Waals surface area contributed by atoms with Crippen molar-refractivity contribution in [2.75, 3.05) is 24.8 Å². The van der Waals surface area contributed by atoms with Gasteiger partial charge in [0, 0.05) is 18.4 Å². The molecule has 1 saturated carbocycles. The minimum absolute atomic E-state index is 0.0814. The number of hydrogen-bond acceptors (Lipinski definition) is 5. The van der Waals surface area contributed by atoms with Crippen LogP contribution in [0.1, 0.15) is 36.0 Å². The van der Waals surface area contributed by atoms with E-state index in [1.807, 2.05) is 18.0 Å². The van der Waals surface area contributed by atoms with E-state index < -0.39 is 5.97 Å². The monoisotopic (exact) mass is 278 g/mol. The first-order valence-corrected chi connectivity index (χ1v) is 6.93. The first-order valence-electron chi connectivity index (χ1n) is 6.93. The van der Waals surface area contributed by atoms with Crippen molar-refractivity contribution in [2.45, 2.75) is 37.8 Å². The Morgan fingerprint density at radius 2 is 2.10 bits per heavy atom. The summed E-state index contributed by atoms with van der Waals surface area (Å²) < 4.78 is 4.73. The molecule has 3 N–H and O–H groups in total. The van der Waals surface area contributed by atoms with E-state index in [2.05, 4.69) is 0 Å². The van der Waals surface area contributed by atoms with Gasteiger partial charge in [0.2, 0.25) is 0 Å². The number of aliphatic hydroxyl groups is 1. The molecule has 2 unspecified atom stereocenters. The number of nitrogens with zero attached hydrogens (tertiary/aromatic N) is 1. The fourth-order valence-electron chi connectivity index (χ4n) is 2.79. The summed E-state index contributed by atoms with van der Waals surface area (Å²) in [7, 11) is 3.27. The Morgan fingerprint density at radius 3 is 2.75 bits per heavy atom. The zero-order valence-electron chi connectivity index (χ0n) is 12.0. The van der Waals surface area contributed by atoms with Crippen molar-refractivity contribution < 1.29 is 14.6 Å². The van der Waals surface area contributed by atoms with Crippen LogP contribution in [-0.2, 0) is 4.74 Å². The number of ether oxygens (including phenoxy) is 1. The molecule has 1 aromatic rings. The van der Waals surface area contributed by atoms with E-state index in [0.717, 1.165) is 31.4 Å². The Hall–Kier alpha value is -1.75. The van der Waals surface area contributed by atoms with Gasteiger partial charge in [-0.1, -0.05) is 12.8 Å². The van der Waals surface area contributed by atoms with Gasteiger partial charge in [-0.15, -0.1) is 0 Å². The molecule has 2 atom stereocenters. The number of carbonyl (C=O) groups excluding carboxylic acids is 1. The third-order valence-electron chi connectivity index (χ3n) is 4.04. The first-order chi connectivity index (χ1) is 9.54. The smallest absolute Gasteiger partial charge is 0.340 e. The third kappa shape index (κ3) is 2.88. The van der Waals surface area contributed by atoms with Gasteiger partial charge in [0.25, 0.3) is 0 Å². The van der Waals surface area contributed by atoms with Gasteiger partial charge in [0.15, 0.2) is 0 Å². The zero-order chi connectivity index (χ0) is 14.7. The Morgan fingerprint density at radius 1 is 1.40 bits per heavy atom. The van der Waals surface area contributed by atoms with Crippen molar-refractivity contribution in [3.63, 3.8) is 0 Å². The Bertz CT molecular complexity index is 490. The van der Waals surface area contributed by atoms with Gasteiger partial charge in [-0.05, 0) is 31.0 Å². The average molecular weight is 278 g/mol. The summed E-state index contributed by atoms with van der Waals surface area (Å²) in [5.41, 5.74) is 7.43. The summed E-state index contributed by atoms with van der Waals surface area (Å²) in [5.74, 6) is -0.443. The maximum Gasteiger partial charge on any atom is 0.340 e. The Kier molecular flexibility index (Phi) is 4.49. The highest BCUT2D eigenvalue weighted by Gasteiger charge is 2.27. The number of esters is 1. The van der Waals surface area contributed by atoms with Crippen LogP contribution >= 0.6 is 0 Å². The lowest BCUT2D eigenvalue weighted by Gasteiger charge is -2.36. The molecule has 5 heteroatoms. The molecular weight excluding hydrogens is 256 g/mol. The quantitative estimate of drug-likeness (QED) is 0.651. The van der Waals surface area contributed by atoms with Crippen LogP contribution in [0.15, 0.2) is 18.2 Å². The minimum Gasteiger partial charge on any atom is -0.465 e. The van der Waals surface area contributed by atoms with Gasteiger partial charge in [-0.2, -0.15) is 0 Å². The number of aliphatic hydroxyl groups excluding tert-OH is 1. The molecule has 0 heterocycles. The maximum atomic E-state index is 11.7. The average Bonchev–Trinajstić information content (AvgIpc) is 2.47. The topological polar surface area (TPSA) is 75.8 Å². The number of rotatable bonds is 3. The van der Waals surface area contributed by atoms with Crippen LogP contribution in [0.2, 0.25) is 0 Å². The molecule has 2 rings (SSSR count). The Labute approximate surface area is 119 Å². The third-order valence-corrected chi connectivity index (χ3v) is 4.04. The summed E-state index contributed by atoms with van der Waals surface area (Å²) >= 11 is 0. The van der Waals surface area contributed by atoms with E-state index >= 15 is 0 Å². The molecule has 20 heavy (non-hydrogen) atoms. The van der Waals surface area contributed by atoms with Crippen molar-refractivity contribution in [1.29, 1.82) is 0 Å². The van der Waals surface area contributed by atoms with Crippen LogP contribution in [0, 0.1) is 0 Å². The van der Waals surface area contributed by atoms with E-state index in [1.165, 1.54) is 7.11 Å². The second-order valence-electron chi connectivity index (χ2n) is 5.29. The van der Waals surface area contributed by atoms with Crippen LogP contribution in [0.4, 0.5) is 11.4 Å². The number of hydrogen-bond donors (Lipinski definition) is 2. The van der Waals surface area contributed by atoms with Gasteiger partial charge < -0.3 is 20.5 Å². The van der Waals surface area contributed by atoms with Crippen LogP contribution in [0.5, 0.6) is 0 Å². The molecule has 0 aliphatic heterocycles. The summed E-state index contributed by atoms with van der Waals surface area (Å²) in [5, 5.41) is 10.1. The standard InChI is InChI=1S/C15H22N2O3/c1-17(13-5-3-4-6-14(13)18)10-7-8-12(16)11(9-10)15(19)20-2/h7-9,13-14,18H,3-6,16H2,1-2H3. The van der Waals surface area contributed by atoms with Crippen LogP contribution in [-0.4, -0.2) is 37.4 Å². The highest BCUT2D eigenvalue weighted by atomic mass is 16.5. The molecule has 0 aromatic heterocycles. The molecule has 5 nitrogen and oxygen atoms in total. The minimum atomic E-state index is -0.443. The number of anilines is 2. The summed E-state index contributed by atoms with van der Waals surface area (Å²) in [6, 6.07) is 5.37. The molecule has 0 radical (unpaired) electrons. The number of nitrogens with two attached hydrogens (primary N) is 1. The van der Waals surface area contributed by atoms with E-state index in [-0.39, 0.29) is 12.1 Å². The molecule has 1 aliphatic carbocycles. The number of methoxy groups -OCH3 is 1. The fourth-order valence-corrected chi connectivity index (χ4v) is 2.79. The van der Waals surface area contributed by atoms with Gasteiger partial charge in [-0.3, -0.25) is 0 Å². The normalized spacial score (nSPS) is 22.4. The molecule has 1 aromatic carbocycles. The van der Waals surface area contributed by atoms with Gasteiger partial charge in [-0.25, -0.2) is 4.79 Å². The van der Waals surface area contributed by atoms with Crippen molar-refractivity contribution in [1.82, 2.24) is 0 Å². The fraction of sp³-hybridized carbons (Fsp3) is 0.533. The predicted molar refractivity (Wildman–Crippen MR) is 78.9 cm³/mol. The van der Waals surface area contributed by atoms with E-state index in [0.29, 0.717) is 11.3 Å².